The standard InChI is InChI=1S/C18H18ClN3O/c1-13(19)18(23)20-10-14-5-4-6-15(9-14)11-22-12-21-16-7-2-3-8-17(16)22/h2-9,12-13H,10-11H2,1H3,(H,20,23). The lowest BCUT2D eigenvalue weighted by Gasteiger charge is -2.09. The van der Waals surface area contributed by atoms with Gasteiger partial charge in [0.05, 0.1) is 17.4 Å². The second-order valence-corrected chi connectivity index (χ2v) is 6.17. The number of carbonyl (C=O) groups is 1. The lowest BCUT2D eigenvalue weighted by atomic mass is 10.1. The molecular weight excluding hydrogens is 310 g/mol. The summed E-state index contributed by atoms with van der Waals surface area (Å²) in [6, 6.07) is 16.2. The van der Waals surface area contributed by atoms with Gasteiger partial charge in [0.25, 0.3) is 0 Å². The third-order valence-electron chi connectivity index (χ3n) is 3.70. The van der Waals surface area contributed by atoms with E-state index in [0.717, 1.165) is 23.1 Å². The van der Waals surface area contributed by atoms with Gasteiger partial charge in [0.15, 0.2) is 0 Å². The molecule has 0 aliphatic heterocycles. The number of nitrogens with one attached hydrogen (secondary N) is 1. The second kappa shape index (κ2) is 6.84. The average molecular weight is 328 g/mol. The molecule has 5 heteroatoms. The lowest BCUT2D eigenvalue weighted by molar-refractivity contribution is -0.120. The van der Waals surface area contributed by atoms with E-state index in [2.05, 4.69) is 33.1 Å². The Balaban J connectivity index is 1.74. The van der Waals surface area contributed by atoms with Crippen LogP contribution in [0.2, 0.25) is 0 Å². The highest BCUT2D eigenvalue weighted by molar-refractivity contribution is 6.30. The first-order chi connectivity index (χ1) is 11.1. The summed E-state index contributed by atoms with van der Waals surface area (Å²) in [6.45, 7) is 2.89. The predicted octanol–water partition coefficient (Wildman–Crippen LogP) is 3.33. The summed E-state index contributed by atoms with van der Waals surface area (Å²) in [5.41, 5.74) is 4.32. The highest BCUT2D eigenvalue weighted by Crippen LogP contribution is 2.15. The molecule has 1 aromatic heterocycles. The number of halogens is 1. The number of carbonyl (C=O) groups excluding carboxylic acids is 1. The van der Waals surface area contributed by atoms with Gasteiger partial charge in [-0.3, -0.25) is 4.79 Å². The van der Waals surface area contributed by atoms with Crippen LogP contribution < -0.4 is 5.32 Å². The first-order valence-electron chi connectivity index (χ1n) is 7.53. The van der Waals surface area contributed by atoms with Crippen LogP contribution in [-0.4, -0.2) is 20.8 Å². The fourth-order valence-electron chi connectivity index (χ4n) is 2.50. The van der Waals surface area contributed by atoms with Crippen LogP contribution in [0.3, 0.4) is 0 Å². The van der Waals surface area contributed by atoms with Gasteiger partial charge in [-0.05, 0) is 30.2 Å². The maximum atomic E-state index is 11.5. The molecule has 1 atom stereocenters. The zero-order valence-electron chi connectivity index (χ0n) is 12.9. The molecule has 0 saturated heterocycles. The van der Waals surface area contributed by atoms with Crippen molar-refractivity contribution in [3.63, 3.8) is 0 Å². The molecule has 1 heterocycles. The van der Waals surface area contributed by atoms with Gasteiger partial charge in [-0.15, -0.1) is 11.6 Å². The van der Waals surface area contributed by atoms with E-state index in [1.54, 1.807) is 6.92 Å². The van der Waals surface area contributed by atoms with Crippen LogP contribution in [0, 0.1) is 0 Å². The number of nitrogens with zero attached hydrogens (tertiary/aromatic N) is 2. The number of amides is 1. The molecule has 0 fully saturated rings. The molecule has 1 amide bonds. The van der Waals surface area contributed by atoms with Crippen LogP contribution in [0.1, 0.15) is 18.1 Å². The number of hydrogen-bond acceptors (Lipinski definition) is 2. The molecule has 23 heavy (non-hydrogen) atoms. The van der Waals surface area contributed by atoms with Gasteiger partial charge < -0.3 is 9.88 Å². The van der Waals surface area contributed by atoms with Crippen LogP contribution in [0.25, 0.3) is 11.0 Å². The van der Waals surface area contributed by atoms with E-state index in [-0.39, 0.29) is 5.91 Å². The summed E-state index contributed by atoms with van der Waals surface area (Å²) < 4.78 is 2.12. The van der Waals surface area contributed by atoms with Gasteiger partial charge >= 0.3 is 0 Å². The molecule has 118 valence electrons. The minimum atomic E-state index is -0.518. The van der Waals surface area contributed by atoms with Gasteiger partial charge in [0, 0.05) is 13.1 Å². The minimum absolute atomic E-state index is 0.155. The Kier molecular flexibility index (Phi) is 4.63. The zero-order valence-corrected chi connectivity index (χ0v) is 13.6. The fourth-order valence-corrected chi connectivity index (χ4v) is 2.58. The Morgan fingerprint density at radius 1 is 1.22 bits per heavy atom. The Labute approximate surface area is 140 Å². The number of alkyl halides is 1. The van der Waals surface area contributed by atoms with Crippen LogP contribution >= 0.6 is 11.6 Å². The van der Waals surface area contributed by atoms with Gasteiger partial charge in [-0.25, -0.2) is 4.98 Å². The normalized spacial score (nSPS) is 12.3. The maximum absolute atomic E-state index is 11.5. The molecule has 0 aliphatic rings. The molecule has 0 spiro atoms. The van der Waals surface area contributed by atoms with Crippen molar-refractivity contribution in [2.24, 2.45) is 0 Å². The Hall–Kier alpha value is -2.33. The topological polar surface area (TPSA) is 46.9 Å². The maximum Gasteiger partial charge on any atom is 0.238 e. The second-order valence-electron chi connectivity index (χ2n) is 5.51. The fraction of sp³-hybridized carbons (Fsp3) is 0.222. The van der Waals surface area contributed by atoms with Crippen molar-refractivity contribution in [1.82, 2.24) is 14.9 Å². The zero-order chi connectivity index (χ0) is 16.2. The average Bonchev–Trinajstić information content (AvgIpc) is 2.96. The molecule has 1 N–H and O–H groups in total. The molecule has 3 rings (SSSR count). The van der Waals surface area contributed by atoms with Gasteiger partial charge in [0.1, 0.15) is 5.38 Å². The van der Waals surface area contributed by atoms with E-state index in [0.29, 0.717) is 6.54 Å². The van der Waals surface area contributed by atoms with Crippen LogP contribution in [-0.2, 0) is 17.9 Å². The van der Waals surface area contributed by atoms with Crippen molar-refractivity contribution in [3.8, 4) is 0 Å². The first kappa shape index (κ1) is 15.6. The SMILES string of the molecule is CC(Cl)C(=O)NCc1cccc(Cn2cnc3ccccc32)c1. The van der Waals surface area contributed by atoms with Crippen molar-refractivity contribution in [1.29, 1.82) is 0 Å². The number of para-hydroxylation sites is 2. The number of rotatable bonds is 5. The van der Waals surface area contributed by atoms with E-state index >= 15 is 0 Å². The summed E-state index contributed by atoms with van der Waals surface area (Å²) in [5, 5.41) is 2.31. The number of hydrogen-bond donors (Lipinski definition) is 1. The molecule has 1 unspecified atom stereocenters. The number of benzene rings is 2. The summed E-state index contributed by atoms with van der Waals surface area (Å²) >= 11 is 5.75. The quantitative estimate of drug-likeness (QED) is 0.731. The van der Waals surface area contributed by atoms with Gasteiger partial charge in [-0.1, -0.05) is 36.4 Å². The summed E-state index contributed by atoms with van der Waals surface area (Å²) in [7, 11) is 0. The van der Waals surface area contributed by atoms with Crippen molar-refractivity contribution in [2.45, 2.75) is 25.4 Å². The molecule has 0 bridgehead atoms. The van der Waals surface area contributed by atoms with E-state index in [1.165, 1.54) is 5.56 Å². The molecule has 4 nitrogen and oxygen atoms in total. The largest absolute Gasteiger partial charge is 0.351 e. The highest BCUT2D eigenvalue weighted by Gasteiger charge is 2.08. The van der Waals surface area contributed by atoms with Crippen LogP contribution in [0.15, 0.2) is 54.9 Å². The van der Waals surface area contributed by atoms with Crippen molar-refractivity contribution < 1.29 is 4.79 Å². The molecule has 2 aromatic carbocycles. The number of aromatic nitrogens is 2. The number of imidazole rings is 1. The van der Waals surface area contributed by atoms with E-state index < -0.39 is 5.38 Å². The third-order valence-corrected chi connectivity index (χ3v) is 3.90. The predicted molar refractivity (Wildman–Crippen MR) is 92.4 cm³/mol. The van der Waals surface area contributed by atoms with Gasteiger partial charge in [-0.2, -0.15) is 0 Å². The molecule has 0 aliphatic carbocycles. The van der Waals surface area contributed by atoms with Gasteiger partial charge in [0.2, 0.25) is 5.91 Å². The third kappa shape index (κ3) is 3.71. The van der Waals surface area contributed by atoms with Crippen molar-refractivity contribution >= 4 is 28.5 Å². The monoisotopic (exact) mass is 327 g/mol. The lowest BCUT2D eigenvalue weighted by Crippen LogP contribution is -2.29. The first-order valence-corrected chi connectivity index (χ1v) is 7.96. The number of fused-ring (bicyclic) bond motifs is 1. The Bertz CT molecular complexity index is 826. The molecular formula is C18H18ClN3O. The van der Waals surface area contributed by atoms with E-state index in [4.69, 9.17) is 11.6 Å². The van der Waals surface area contributed by atoms with Crippen molar-refractivity contribution in [2.75, 3.05) is 0 Å². The van der Waals surface area contributed by atoms with Crippen molar-refractivity contribution in [3.05, 3.63) is 66.0 Å². The van der Waals surface area contributed by atoms with Crippen LogP contribution in [0.4, 0.5) is 0 Å². The molecule has 0 saturated carbocycles. The summed E-state index contributed by atoms with van der Waals surface area (Å²) in [5.74, 6) is -0.155. The minimum Gasteiger partial charge on any atom is -0.351 e. The van der Waals surface area contributed by atoms with E-state index in [1.807, 2.05) is 36.7 Å². The van der Waals surface area contributed by atoms with E-state index in [9.17, 15) is 4.79 Å². The Morgan fingerprint density at radius 3 is 2.83 bits per heavy atom. The molecule has 3 aromatic rings. The summed E-state index contributed by atoms with van der Waals surface area (Å²) in [4.78, 5) is 16.0. The molecule has 0 radical (unpaired) electrons. The highest BCUT2D eigenvalue weighted by atomic mass is 35.5. The van der Waals surface area contributed by atoms with Crippen LogP contribution in [0.5, 0.6) is 0 Å². The Morgan fingerprint density at radius 2 is 2.00 bits per heavy atom. The summed E-state index contributed by atoms with van der Waals surface area (Å²) in [6.07, 6.45) is 1.86. The smallest absolute Gasteiger partial charge is 0.238 e.